The van der Waals surface area contributed by atoms with Gasteiger partial charge in [-0.3, -0.25) is 9.59 Å². The molecule has 40 heavy (non-hydrogen) atoms. The second-order valence-electron chi connectivity index (χ2n) is 11.1. The summed E-state index contributed by atoms with van der Waals surface area (Å²) in [7, 11) is 0. The number of hydrogen-bond acceptors (Lipinski definition) is 5. The van der Waals surface area contributed by atoms with Crippen LogP contribution in [0.1, 0.15) is 70.4 Å². The van der Waals surface area contributed by atoms with Gasteiger partial charge in [0, 0.05) is 12.5 Å². The van der Waals surface area contributed by atoms with Crippen molar-refractivity contribution in [1.82, 2.24) is 15.5 Å². The largest absolute Gasteiger partial charge is 0.445 e. The number of nitrogens with one attached hydrogen (secondary N) is 2. The van der Waals surface area contributed by atoms with Gasteiger partial charge in [0.15, 0.2) is 0 Å². The van der Waals surface area contributed by atoms with Gasteiger partial charge < -0.3 is 25.1 Å². The highest BCUT2D eigenvalue weighted by Gasteiger charge is 2.36. The Morgan fingerprint density at radius 1 is 0.875 bits per heavy atom. The Morgan fingerprint density at radius 3 is 2.05 bits per heavy atom. The van der Waals surface area contributed by atoms with Gasteiger partial charge in [-0.1, -0.05) is 93.8 Å². The Kier molecular flexibility index (Phi) is 12.2. The first-order chi connectivity index (χ1) is 19.3. The predicted molar refractivity (Wildman–Crippen MR) is 154 cm³/mol. The number of hydrogen-bond donors (Lipinski definition) is 2. The summed E-state index contributed by atoms with van der Waals surface area (Å²) in [6.07, 6.45) is 5.52. The lowest BCUT2D eigenvalue weighted by atomic mass is 9.92. The van der Waals surface area contributed by atoms with Crippen molar-refractivity contribution in [3.05, 3.63) is 71.8 Å². The molecule has 0 spiro atoms. The lowest BCUT2D eigenvalue weighted by molar-refractivity contribution is -0.143. The summed E-state index contributed by atoms with van der Waals surface area (Å²) in [6, 6.07) is 16.3. The number of nitrogens with zero attached hydrogens (tertiary/aromatic N) is 1. The molecule has 2 aromatic rings. The minimum Gasteiger partial charge on any atom is -0.445 e. The van der Waals surface area contributed by atoms with Crippen LogP contribution >= 0.6 is 0 Å². The second kappa shape index (κ2) is 15.8. The number of alkyl carbamates (subject to hydrolysis) is 1. The van der Waals surface area contributed by atoms with Gasteiger partial charge in [0.1, 0.15) is 25.0 Å². The predicted octanol–water partition coefficient (Wildman–Crippen LogP) is 4.80. The van der Waals surface area contributed by atoms with Crippen LogP contribution in [0.15, 0.2) is 60.7 Å². The molecule has 1 fully saturated rings. The monoisotopic (exact) mass is 549 g/mol. The summed E-state index contributed by atoms with van der Waals surface area (Å²) in [5.74, 6) is -0.636. The van der Waals surface area contributed by atoms with E-state index < -0.39 is 30.1 Å². The SMILES string of the molecule is CC(C)C[C@H](NC(=O)OCc1ccccc1)C(=O)N[C@@H](Cc1ccccc1)C(=O)N(C1CCCCC1)[C@@H](C)C=O. The fourth-order valence-electron chi connectivity index (χ4n) is 5.25. The molecule has 0 aliphatic heterocycles. The molecule has 1 aliphatic carbocycles. The molecule has 0 aromatic heterocycles. The summed E-state index contributed by atoms with van der Waals surface area (Å²) >= 11 is 0. The normalized spacial score (nSPS) is 15.9. The Bertz CT molecular complexity index is 1090. The fraction of sp³-hybridized carbons (Fsp3) is 0.500. The highest BCUT2D eigenvalue weighted by atomic mass is 16.5. The molecule has 1 aliphatic rings. The van der Waals surface area contributed by atoms with Crippen LogP contribution in [0.5, 0.6) is 0 Å². The lowest BCUT2D eigenvalue weighted by Crippen LogP contribution is -2.59. The molecule has 3 rings (SSSR count). The molecule has 8 heteroatoms. The lowest BCUT2D eigenvalue weighted by Gasteiger charge is -2.39. The molecular weight excluding hydrogens is 506 g/mol. The minimum atomic E-state index is -0.893. The zero-order valence-corrected chi connectivity index (χ0v) is 23.9. The van der Waals surface area contributed by atoms with Crippen LogP contribution in [0, 0.1) is 5.92 Å². The zero-order chi connectivity index (χ0) is 28.9. The Labute approximate surface area is 237 Å². The van der Waals surface area contributed by atoms with Crippen LogP contribution in [0.3, 0.4) is 0 Å². The molecule has 8 nitrogen and oxygen atoms in total. The Morgan fingerprint density at radius 2 is 1.48 bits per heavy atom. The number of amides is 3. The number of rotatable bonds is 13. The molecule has 0 heterocycles. The molecule has 0 radical (unpaired) electrons. The van der Waals surface area contributed by atoms with E-state index in [1.54, 1.807) is 11.8 Å². The smallest absolute Gasteiger partial charge is 0.408 e. The van der Waals surface area contributed by atoms with E-state index in [2.05, 4.69) is 10.6 Å². The number of carbonyl (C=O) groups excluding carboxylic acids is 4. The molecule has 2 aromatic carbocycles. The summed E-state index contributed by atoms with van der Waals surface area (Å²) < 4.78 is 5.36. The first-order valence-electron chi connectivity index (χ1n) is 14.4. The molecular formula is C32H43N3O5. The molecule has 2 N–H and O–H groups in total. The third kappa shape index (κ3) is 9.50. The van der Waals surface area contributed by atoms with Crippen LogP contribution in [-0.4, -0.2) is 53.3 Å². The summed E-state index contributed by atoms with van der Waals surface area (Å²) in [5, 5.41) is 5.63. The average molecular weight is 550 g/mol. The first-order valence-corrected chi connectivity index (χ1v) is 14.4. The molecule has 1 saturated carbocycles. The van der Waals surface area contributed by atoms with Crippen molar-refractivity contribution in [2.24, 2.45) is 5.92 Å². The molecule has 3 amide bonds. The Hall–Kier alpha value is -3.68. The minimum absolute atomic E-state index is 0.0471. The van der Waals surface area contributed by atoms with E-state index in [4.69, 9.17) is 4.74 Å². The second-order valence-corrected chi connectivity index (χ2v) is 11.1. The van der Waals surface area contributed by atoms with Crippen molar-refractivity contribution >= 4 is 24.2 Å². The molecule has 3 atom stereocenters. The van der Waals surface area contributed by atoms with Gasteiger partial charge in [-0.15, -0.1) is 0 Å². The molecule has 0 bridgehead atoms. The van der Waals surface area contributed by atoms with Crippen molar-refractivity contribution in [1.29, 1.82) is 0 Å². The van der Waals surface area contributed by atoms with Crippen LogP contribution in [0.25, 0.3) is 0 Å². The van der Waals surface area contributed by atoms with E-state index in [0.29, 0.717) is 6.42 Å². The third-order valence-corrected chi connectivity index (χ3v) is 7.28. The van der Waals surface area contributed by atoms with Crippen molar-refractivity contribution in [3.8, 4) is 0 Å². The summed E-state index contributed by atoms with van der Waals surface area (Å²) in [5.41, 5.74) is 1.72. The number of benzene rings is 2. The zero-order valence-electron chi connectivity index (χ0n) is 23.9. The molecule has 0 unspecified atom stereocenters. The van der Waals surface area contributed by atoms with E-state index in [9.17, 15) is 19.2 Å². The topological polar surface area (TPSA) is 105 Å². The van der Waals surface area contributed by atoms with E-state index in [0.717, 1.165) is 49.5 Å². The van der Waals surface area contributed by atoms with Crippen LogP contribution in [-0.2, 0) is 32.1 Å². The van der Waals surface area contributed by atoms with Crippen molar-refractivity contribution < 1.29 is 23.9 Å². The van der Waals surface area contributed by atoms with Gasteiger partial charge in [-0.2, -0.15) is 0 Å². The van der Waals surface area contributed by atoms with Crippen molar-refractivity contribution in [2.45, 2.75) is 96.5 Å². The maximum atomic E-state index is 14.0. The fourth-order valence-corrected chi connectivity index (χ4v) is 5.25. The maximum absolute atomic E-state index is 14.0. The van der Waals surface area contributed by atoms with E-state index >= 15 is 0 Å². The quantitative estimate of drug-likeness (QED) is 0.349. The molecule has 0 saturated heterocycles. The van der Waals surface area contributed by atoms with Gasteiger partial charge in [0.05, 0.1) is 6.04 Å². The van der Waals surface area contributed by atoms with Gasteiger partial charge in [0.25, 0.3) is 0 Å². The highest BCUT2D eigenvalue weighted by Crippen LogP contribution is 2.25. The Balaban J connectivity index is 1.79. The van der Waals surface area contributed by atoms with Crippen LogP contribution in [0.4, 0.5) is 4.79 Å². The van der Waals surface area contributed by atoms with Crippen LogP contribution < -0.4 is 10.6 Å². The first kappa shape index (κ1) is 30.9. The number of carbonyl (C=O) groups is 4. The van der Waals surface area contributed by atoms with Gasteiger partial charge in [-0.05, 0) is 43.2 Å². The van der Waals surface area contributed by atoms with Gasteiger partial charge >= 0.3 is 6.09 Å². The summed E-state index contributed by atoms with van der Waals surface area (Å²) in [4.78, 5) is 53.8. The number of aldehydes is 1. The highest BCUT2D eigenvalue weighted by molar-refractivity contribution is 5.92. The van der Waals surface area contributed by atoms with E-state index in [-0.39, 0.29) is 30.9 Å². The molecule has 216 valence electrons. The van der Waals surface area contributed by atoms with E-state index in [1.807, 2.05) is 74.5 Å². The van der Waals surface area contributed by atoms with Crippen molar-refractivity contribution in [2.75, 3.05) is 0 Å². The number of ether oxygens (including phenoxy) is 1. The van der Waals surface area contributed by atoms with Gasteiger partial charge in [-0.25, -0.2) is 4.79 Å². The van der Waals surface area contributed by atoms with E-state index in [1.165, 1.54) is 0 Å². The van der Waals surface area contributed by atoms with Gasteiger partial charge in [0.2, 0.25) is 11.8 Å². The maximum Gasteiger partial charge on any atom is 0.408 e. The van der Waals surface area contributed by atoms with Crippen molar-refractivity contribution in [3.63, 3.8) is 0 Å². The average Bonchev–Trinajstić information content (AvgIpc) is 2.96. The third-order valence-electron chi connectivity index (χ3n) is 7.28. The standard InChI is InChI=1S/C32H43N3O5/c1-23(2)19-28(34-32(39)40-22-26-15-9-5-10-16-26)30(37)33-29(20-25-13-7-4-8-14-25)31(38)35(24(3)21-36)27-17-11-6-12-18-27/h4-5,7-10,13-16,21,23-24,27-29H,6,11-12,17-20,22H2,1-3H3,(H,33,37)(H,34,39)/t24-,28-,29-/m0/s1. The summed E-state index contributed by atoms with van der Waals surface area (Å²) in [6.45, 7) is 5.73. The van der Waals surface area contributed by atoms with Crippen LogP contribution in [0.2, 0.25) is 0 Å².